The van der Waals surface area contributed by atoms with Gasteiger partial charge in [0.05, 0.1) is 11.6 Å². The number of aromatic carboxylic acids is 1. The van der Waals surface area contributed by atoms with Crippen molar-refractivity contribution in [2.45, 2.75) is 6.92 Å². The molecule has 0 aliphatic rings. The van der Waals surface area contributed by atoms with E-state index in [1.165, 1.54) is 6.07 Å². The summed E-state index contributed by atoms with van der Waals surface area (Å²) in [6.07, 6.45) is 0. The summed E-state index contributed by atoms with van der Waals surface area (Å²) in [4.78, 5) is 10.8. The lowest BCUT2D eigenvalue weighted by Gasteiger charge is -2.05. The van der Waals surface area contributed by atoms with Crippen molar-refractivity contribution < 1.29 is 19.1 Å². The van der Waals surface area contributed by atoms with Crippen LogP contribution in [0.25, 0.3) is 11.0 Å². The number of halogens is 1. The van der Waals surface area contributed by atoms with Gasteiger partial charge in [-0.3, -0.25) is 0 Å². The molecule has 0 atom stereocenters. The smallest absolute Gasteiger partial charge is 0.371 e. The minimum absolute atomic E-state index is 0.0711. The highest BCUT2D eigenvalue weighted by atomic mass is 79.9. The number of ether oxygens (including phenoxy) is 1. The molecule has 0 fully saturated rings. The predicted molar refractivity (Wildman–Crippen MR) is 62.2 cm³/mol. The van der Waals surface area contributed by atoms with E-state index in [1.54, 1.807) is 13.2 Å². The number of fused-ring (bicyclic) bond motifs is 1. The summed E-state index contributed by atoms with van der Waals surface area (Å²) in [5.74, 6) is -0.528. The van der Waals surface area contributed by atoms with E-state index in [-0.39, 0.29) is 5.76 Å². The number of hydrogen-bond acceptors (Lipinski definition) is 3. The van der Waals surface area contributed by atoms with Crippen molar-refractivity contribution in [3.8, 4) is 5.75 Å². The highest BCUT2D eigenvalue weighted by molar-refractivity contribution is 9.10. The van der Waals surface area contributed by atoms with Crippen molar-refractivity contribution in [3.63, 3.8) is 0 Å². The molecule has 16 heavy (non-hydrogen) atoms. The molecule has 4 nitrogen and oxygen atoms in total. The lowest BCUT2D eigenvalue weighted by atomic mass is 10.1. The molecule has 2 aromatic rings. The second-order valence-electron chi connectivity index (χ2n) is 3.35. The average Bonchev–Trinajstić information content (AvgIpc) is 2.67. The van der Waals surface area contributed by atoms with E-state index in [2.05, 4.69) is 15.9 Å². The van der Waals surface area contributed by atoms with Crippen LogP contribution in [0.4, 0.5) is 0 Å². The molecule has 1 aromatic carbocycles. The van der Waals surface area contributed by atoms with Gasteiger partial charge < -0.3 is 14.3 Å². The molecule has 1 heterocycles. The lowest BCUT2D eigenvalue weighted by Crippen LogP contribution is -1.91. The first-order valence-corrected chi connectivity index (χ1v) is 5.34. The maximum absolute atomic E-state index is 10.8. The van der Waals surface area contributed by atoms with Gasteiger partial charge in [-0.1, -0.05) is 0 Å². The van der Waals surface area contributed by atoms with Gasteiger partial charge in [-0.05, 0) is 34.5 Å². The molecule has 84 valence electrons. The molecule has 1 aromatic heterocycles. The van der Waals surface area contributed by atoms with E-state index in [0.29, 0.717) is 11.3 Å². The summed E-state index contributed by atoms with van der Waals surface area (Å²) in [7, 11) is 1.55. The van der Waals surface area contributed by atoms with Gasteiger partial charge in [0.15, 0.2) is 0 Å². The van der Waals surface area contributed by atoms with Gasteiger partial charge in [0, 0.05) is 11.5 Å². The van der Waals surface area contributed by atoms with Gasteiger partial charge >= 0.3 is 5.97 Å². The summed E-state index contributed by atoms with van der Waals surface area (Å²) in [6, 6.07) is 3.18. The highest BCUT2D eigenvalue weighted by Gasteiger charge is 2.16. The first-order chi connectivity index (χ1) is 7.54. The molecule has 2 rings (SSSR count). The van der Waals surface area contributed by atoms with Crippen LogP contribution in [-0.2, 0) is 0 Å². The van der Waals surface area contributed by atoms with Gasteiger partial charge in [-0.15, -0.1) is 0 Å². The number of methoxy groups -OCH3 is 1. The van der Waals surface area contributed by atoms with Gasteiger partial charge in [-0.2, -0.15) is 0 Å². The summed E-state index contributed by atoms with van der Waals surface area (Å²) in [6.45, 7) is 1.87. The fraction of sp³-hybridized carbons (Fsp3) is 0.182. The Labute approximate surface area is 99.9 Å². The quantitative estimate of drug-likeness (QED) is 0.920. The number of carbonyl (C=O) groups is 1. The highest BCUT2D eigenvalue weighted by Crippen LogP contribution is 2.36. The molecular weight excluding hydrogens is 276 g/mol. The van der Waals surface area contributed by atoms with Crippen LogP contribution in [0, 0.1) is 6.92 Å². The fourth-order valence-electron chi connectivity index (χ4n) is 1.54. The SMILES string of the molecule is COc1cc2oc(C(=O)O)cc2c(C)c1Br. The van der Waals surface area contributed by atoms with Crippen LogP contribution in [0.3, 0.4) is 0 Å². The molecule has 0 saturated carbocycles. The lowest BCUT2D eigenvalue weighted by molar-refractivity contribution is 0.0665. The number of benzene rings is 1. The number of furan rings is 1. The summed E-state index contributed by atoms with van der Waals surface area (Å²) < 4.78 is 11.2. The van der Waals surface area contributed by atoms with E-state index in [9.17, 15) is 4.79 Å². The van der Waals surface area contributed by atoms with Crippen molar-refractivity contribution in [2.24, 2.45) is 0 Å². The van der Waals surface area contributed by atoms with Crippen LogP contribution in [-0.4, -0.2) is 18.2 Å². The minimum atomic E-state index is -1.08. The Bertz CT molecular complexity index is 571. The van der Waals surface area contributed by atoms with Crippen LogP contribution in [0.1, 0.15) is 16.1 Å². The normalized spacial score (nSPS) is 10.7. The van der Waals surface area contributed by atoms with Crippen LogP contribution in [0.2, 0.25) is 0 Å². The van der Waals surface area contributed by atoms with Crippen molar-refractivity contribution >= 4 is 32.9 Å². The van der Waals surface area contributed by atoms with Gasteiger partial charge in [-0.25, -0.2) is 4.79 Å². The Morgan fingerprint density at radius 1 is 1.50 bits per heavy atom. The first-order valence-electron chi connectivity index (χ1n) is 4.54. The molecule has 0 bridgehead atoms. The predicted octanol–water partition coefficient (Wildman–Crippen LogP) is 3.21. The second-order valence-corrected chi connectivity index (χ2v) is 4.14. The third-order valence-electron chi connectivity index (χ3n) is 2.40. The molecule has 0 radical (unpaired) electrons. The van der Waals surface area contributed by atoms with E-state index in [4.69, 9.17) is 14.3 Å². The number of hydrogen-bond donors (Lipinski definition) is 1. The molecule has 0 unspecified atom stereocenters. The molecule has 0 aliphatic heterocycles. The average molecular weight is 285 g/mol. The number of aryl methyl sites for hydroxylation is 1. The van der Waals surface area contributed by atoms with Crippen molar-refractivity contribution in [1.82, 2.24) is 0 Å². The standard InChI is InChI=1S/C11H9BrO4/c1-5-6-3-9(11(13)14)16-7(6)4-8(15-2)10(5)12/h3-4H,1-2H3,(H,13,14). The summed E-state index contributed by atoms with van der Waals surface area (Å²) in [5.41, 5.74) is 1.40. The number of carboxylic acids is 1. The second kappa shape index (κ2) is 3.83. The molecule has 0 amide bonds. The monoisotopic (exact) mass is 284 g/mol. The topological polar surface area (TPSA) is 59.7 Å². The molecule has 0 saturated heterocycles. The molecule has 0 spiro atoms. The summed E-state index contributed by atoms with van der Waals surface area (Å²) in [5, 5.41) is 9.60. The molecule has 0 aliphatic carbocycles. The Kier molecular flexibility index (Phi) is 2.63. The van der Waals surface area contributed by atoms with Crippen LogP contribution < -0.4 is 4.74 Å². The Morgan fingerprint density at radius 3 is 2.75 bits per heavy atom. The largest absolute Gasteiger partial charge is 0.495 e. The molecule has 1 N–H and O–H groups in total. The van der Waals surface area contributed by atoms with Gasteiger partial charge in [0.1, 0.15) is 11.3 Å². The Morgan fingerprint density at radius 2 is 2.19 bits per heavy atom. The zero-order valence-corrected chi connectivity index (χ0v) is 10.3. The third kappa shape index (κ3) is 1.57. The van der Waals surface area contributed by atoms with Crippen molar-refractivity contribution in [1.29, 1.82) is 0 Å². The zero-order chi connectivity index (χ0) is 11.9. The van der Waals surface area contributed by atoms with E-state index >= 15 is 0 Å². The van der Waals surface area contributed by atoms with E-state index in [0.717, 1.165) is 15.4 Å². The van der Waals surface area contributed by atoms with Crippen molar-refractivity contribution in [2.75, 3.05) is 7.11 Å². The Balaban J connectivity index is 2.77. The molecular formula is C11H9BrO4. The zero-order valence-electron chi connectivity index (χ0n) is 8.70. The number of rotatable bonds is 2. The van der Waals surface area contributed by atoms with E-state index in [1.807, 2.05) is 6.92 Å². The Hall–Kier alpha value is -1.49. The van der Waals surface area contributed by atoms with Crippen LogP contribution in [0.15, 0.2) is 21.0 Å². The van der Waals surface area contributed by atoms with E-state index < -0.39 is 5.97 Å². The van der Waals surface area contributed by atoms with Crippen LogP contribution >= 0.6 is 15.9 Å². The van der Waals surface area contributed by atoms with Crippen molar-refractivity contribution in [3.05, 3.63) is 27.9 Å². The van der Waals surface area contributed by atoms with Crippen LogP contribution in [0.5, 0.6) is 5.75 Å². The maximum Gasteiger partial charge on any atom is 0.371 e. The van der Waals surface area contributed by atoms with Gasteiger partial charge in [0.2, 0.25) is 5.76 Å². The number of carboxylic acid groups (broad SMARTS) is 1. The third-order valence-corrected chi connectivity index (χ3v) is 3.39. The first kappa shape index (κ1) is 11.0. The molecule has 5 heteroatoms. The fourth-order valence-corrected chi connectivity index (χ4v) is 2.03. The van der Waals surface area contributed by atoms with Gasteiger partial charge in [0.25, 0.3) is 0 Å². The summed E-state index contributed by atoms with van der Waals surface area (Å²) >= 11 is 3.39. The maximum atomic E-state index is 10.8. The minimum Gasteiger partial charge on any atom is -0.495 e.